The molecule has 52 valence electrons. The lowest BCUT2D eigenvalue weighted by atomic mass is 10.6. The number of rotatable bonds is 1. The lowest BCUT2D eigenvalue weighted by Crippen LogP contribution is -2.26. The molecule has 0 N–H and O–H groups in total. The van der Waals surface area contributed by atoms with E-state index in [1.54, 1.807) is 6.20 Å². The van der Waals surface area contributed by atoms with Crippen LogP contribution in [0.4, 0.5) is 0 Å². The second-order valence-electron chi connectivity index (χ2n) is 1.79. The van der Waals surface area contributed by atoms with E-state index in [1.807, 2.05) is 18.3 Å². The first-order chi connectivity index (χ1) is 3.84. The maximum absolute atomic E-state index is 3.63. The highest BCUT2D eigenvalue weighted by atomic mass is 127. The minimum atomic E-state index is 0. The highest BCUT2D eigenvalue weighted by Gasteiger charge is 2.04. The predicted octanol–water partition coefficient (Wildman–Crippen LogP) is 1.42. The standard InChI is InChI=1S/C6H10N2.HI/c1-3-8-6-4-5-7(8)2;/h3-4,6H,1,5H2,2H3;1H. The Morgan fingerprint density at radius 1 is 1.67 bits per heavy atom. The third-order valence-corrected chi connectivity index (χ3v) is 1.21. The van der Waals surface area contributed by atoms with Crippen molar-refractivity contribution >= 4 is 24.0 Å². The van der Waals surface area contributed by atoms with E-state index in [9.17, 15) is 0 Å². The predicted molar refractivity (Wildman–Crippen MR) is 49.2 cm³/mol. The van der Waals surface area contributed by atoms with Crippen molar-refractivity contribution in [3.8, 4) is 0 Å². The van der Waals surface area contributed by atoms with Gasteiger partial charge in [0.2, 0.25) is 0 Å². The van der Waals surface area contributed by atoms with Crippen LogP contribution in [0, 0.1) is 0 Å². The first-order valence-corrected chi connectivity index (χ1v) is 2.63. The molecule has 0 aliphatic carbocycles. The summed E-state index contributed by atoms with van der Waals surface area (Å²) in [5, 5.41) is 4.01. The van der Waals surface area contributed by atoms with Crippen molar-refractivity contribution in [1.82, 2.24) is 10.0 Å². The fourth-order valence-electron chi connectivity index (χ4n) is 0.716. The van der Waals surface area contributed by atoms with Crippen molar-refractivity contribution in [2.75, 3.05) is 13.6 Å². The summed E-state index contributed by atoms with van der Waals surface area (Å²) >= 11 is 0. The lowest BCUT2D eigenvalue weighted by molar-refractivity contribution is 0.143. The van der Waals surface area contributed by atoms with Gasteiger partial charge in [-0.25, -0.2) is 5.01 Å². The Balaban J connectivity index is 0.000000640. The first kappa shape index (κ1) is 8.97. The van der Waals surface area contributed by atoms with Crippen molar-refractivity contribution in [3.05, 3.63) is 25.1 Å². The number of nitrogens with zero attached hydrogens (tertiary/aromatic N) is 2. The molecule has 3 heteroatoms. The SMILES string of the molecule is C=CN1C=CCN1C.I. The number of hydrogen-bond acceptors (Lipinski definition) is 2. The summed E-state index contributed by atoms with van der Waals surface area (Å²) in [7, 11) is 2.02. The number of hydrazine groups is 1. The zero-order valence-corrected chi connectivity index (χ0v) is 7.78. The largest absolute Gasteiger partial charge is 0.290 e. The summed E-state index contributed by atoms with van der Waals surface area (Å²) < 4.78 is 0. The van der Waals surface area contributed by atoms with Crippen molar-refractivity contribution in [2.24, 2.45) is 0 Å². The van der Waals surface area contributed by atoms with Gasteiger partial charge in [0.25, 0.3) is 0 Å². The van der Waals surface area contributed by atoms with Crippen LogP contribution in [0.2, 0.25) is 0 Å². The van der Waals surface area contributed by atoms with Gasteiger partial charge in [0.15, 0.2) is 0 Å². The van der Waals surface area contributed by atoms with Gasteiger partial charge in [-0.3, -0.25) is 5.01 Å². The molecule has 1 aliphatic heterocycles. The van der Waals surface area contributed by atoms with E-state index in [-0.39, 0.29) is 24.0 Å². The van der Waals surface area contributed by atoms with E-state index in [2.05, 4.69) is 17.7 Å². The van der Waals surface area contributed by atoms with E-state index in [0.29, 0.717) is 0 Å². The van der Waals surface area contributed by atoms with Gasteiger partial charge in [-0.1, -0.05) is 12.7 Å². The van der Waals surface area contributed by atoms with Crippen molar-refractivity contribution in [3.63, 3.8) is 0 Å². The average Bonchev–Trinajstić information content (AvgIpc) is 2.14. The Labute approximate surface area is 72.8 Å². The van der Waals surface area contributed by atoms with E-state index in [0.717, 1.165) is 6.54 Å². The molecule has 0 atom stereocenters. The molecule has 0 spiro atoms. The van der Waals surface area contributed by atoms with Gasteiger partial charge in [0.05, 0.1) is 0 Å². The topological polar surface area (TPSA) is 6.48 Å². The molecule has 0 bridgehead atoms. The molecule has 2 nitrogen and oxygen atoms in total. The summed E-state index contributed by atoms with van der Waals surface area (Å²) in [6, 6.07) is 0. The number of hydrogen-bond donors (Lipinski definition) is 0. The minimum absolute atomic E-state index is 0. The zero-order valence-electron chi connectivity index (χ0n) is 5.45. The van der Waals surface area contributed by atoms with Crippen molar-refractivity contribution < 1.29 is 0 Å². The molecule has 9 heavy (non-hydrogen) atoms. The normalized spacial score (nSPS) is 17.7. The summed E-state index contributed by atoms with van der Waals surface area (Å²) in [6.07, 6.45) is 5.86. The molecular formula is C6H11IN2. The van der Waals surface area contributed by atoms with E-state index in [1.165, 1.54) is 0 Å². The highest BCUT2D eigenvalue weighted by Crippen LogP contribution is 2.02. The molecule has 0 saturated carbocycles. The molecule has 1 rings (SSSR count). The first-order valence-electron chi connectivity index (χ1n) is 2.63. The molecular weight excluding hydrogens is 227 g/mol. The second-order valence-corrected chi connectivity index (χ2v) is 1.79. The van der Waals surface area contributed by atoms with Gasteiger partial charge in [0, 0.05) is 26.0 Å². The molecule has 1 heterocycles. The third kappa shape index (κ3) is 1.98. The Morgan fingerprint density at radius 3 is 2.56 bits per heavy atom. The fraction of sp³-hybridized carbons (Fsp3) is 0.333. The van der Waals surface area contributed by atoms with Crippen LogP contribution < -0.4 is 0 Å². The quantitative estimate of drug-likeness (QED) is 0.637. The maximum Gasteiger partial charge on any atom is 0.0379 e. The van der Waals surface area contributed by atoms with Crippen LogP contribution in [0.5, 0.6) is 0 Å². The smallest absolute Gasteiger partial charge is 0.0379 e. The van der Waals surface area contributed by atoms with Gasteiger partial charge in [-0.15, -0.1) is 24.0 Å². The molecule has 0 saturated heterocycles. The van der Waals surface area contributed by atoms with Crippen LogP contribution in [0.25, 0.3) is 0 Å². The van der Waals surface area contributed by atoms with Crippen LogP contribution in [-0.2, 0) is 0 Å². The van der Waals surface area contributed by atoms with Crippen LogP contribution in [0.3, 0.4) is 0 Å². The van der Waals surface area contributed by atoms with E-state index in [4.69, 9.17) is 0 Å². The zero-order chi connectivity index (χ0) is 5.98. The molecule has 0 aromatic heterocycles. The average molecular weight is 238 g/mol. The van der Waals surface area contributed by atoms with Crippen molar-refractivity contribution in [2.45, 2.75) is 0 Å². The molecule has 1 aliphatic rings. The Bertz CT molecular complexity index is 122. The van der Waals surface area contributed by atoms with Gasteiger partial charge in [-0.2, -0.15) is 0 Å². The Hall–Kier alpha value is -0.0300. The minimum Gasteiger partial charge on any atom is -0.290 e. The fourth-order valence-corrected chi connectivity index (χ4v) is 0.716. The number of halogens is 1. The molecule has 0 amide bonds. The van der Waals surface area contributed by atoms with E-state index >= 15 is 0 Å². The summed E-state index contributed by atoms with van der Waals surface area (Å²) in [4.78, 5) is 0. The highest BCUT2D eigenvalue weighted by molar-refractivity contribution is 14.0. The van der Waals surface area contributed by atoms with E-state index < -0.39 is 0 Å². The Kier molecular flexibility index (Phi) is 3.88. The van der Waals surface area contributed by atoms with Crippen molar-refractivity contribution in [1.29, 1.82) is 0 Å². The van der Waals surface area contributed by atoms with Crippen LogP contribution >= 0.6 is 24.0 Å². The third-order valence-electron chi connectivity index (χ3n) is 1.21. The van der Waals surface area contributed by atoms with Crippen LogP contribution in [-0.4, -0.2) is 23.6 Å². The summed E-state index contributed by atoms with van der Waals surface area (Å²) in [5.74, 6) is 0. The van der Waals surface area contributed by atoms with Gasteiger partial charge >= 0.3 is 0 Å². The lowest BCUT2D eigenvalue weighted by Gasteiger charge is -2.19. The van der Waals surface area contributed by atoms with Gasteiger partial charge in [0.1, 0.15) is 0 Å². The summed E-state index contributed by atoms with van der Waals surface area (Å²) in [5.41, 5.74) is 0. The van der Waals surface area contributed by atoms with Crippen LogP contribution in [0.1, 0.15) is 0 Å². The van der Waals surface area contributed by atoms with Gasteiger partial charge < -0.3 is 0 Å². The Morgan fingerprint density at radius 2 is 2.33 bits per heavy atom. The van der Waals surface area contributed by atoms with Gasteiger partial charge in [-0.05, 0) is 0 Å². The molecule has 0 radical (unpaired) electrons. The molecule has 0 aromatic rings. The summed E-state index contributed by atoms with van der Waals surface area (Å²) in [6.45, 7) is 4.62. The van der Waals surface area contributed by atoms with Crippen LogP contribution in [0.15, 0.2) is 25.1 Å². The molecule has 0 fully saturated rings. The maximum atomic E-state index is 3.63. The molecule has 0 aromatic carbocycles. The molecule has 0 unspecified atom stereocenters. The monoisotopic (exact) mass is 238 g/mol. The number of likely N-dealkylation sites (N-methyl/N-ethyl adjacent to an activating group) is 1. The second kappa shape index (κ2) is 3.90.